The second kappa shape index (κ2) is 5.72. The summed E-state index contributed by atoms with van der Waals surface area (Å²) in [5.74, 6) is 2.23. The lowest BCUT2D eigenvalue weighted by Gasteiger charge is -2.31. The van der Waals surface area contributed by atoms with E-state index in [2.05, 4.69) is 20.8 Å². The van der Waals surface area contributed by atoms with Crippen molar-refractivity contribution in [3.8, 4) is 0 Å². The van der Waals surface area contributed by atoms with Crippen LogP contribution < -0.4 is 5.73 Å². The molecule has 0 spiro atoms. The Balaban J connectivity index is 2.37. The monoisotopic (exact) mass is 199 g/mol. The normalized spacial score (nSPS) is 23.8. The first kappa shape index (κ1) is 12.0. The van der Waals surface area contributed by atoms with E-state index in [4.69, 9.17) is 10.5 Å². The molecule has 1 aliphatic heterocycles. The fourth-order valence-corrected chi connectivity index (χ4v) is 2.46. The summed E-state index contributed by atoms with van der Waals surface area (Å²) >= 11 is 0. The van der Waals surface area contributed by atoms with Crippen LogP contribution in [0, 0.1) is 17.8 Å². The molecule has 0 amide bonds. The summed E-state index contributed by atoms with van der Waals surface area (Å²) in [7, 11) is 0. The number of hydrogen-bond acceptors (Lipinski definition) is 2. The van der Waals surface area contributed by atoms with E-state index in [0.29, 0.717) is 17.9 Å². The second-order valence-electron chi connectivity index (χ2n) is 5.06. The zero-order chi connectivity index (χ0) is 10.6. The fourth-order valence-electron chi connectivity index (χ4n) is 2.46. The number of rotatable bonds is 4. The van der Waals surface area contributed by atoms with Gasteiger partial charge in [-0.1, -0.05) is 13.8 Å². The van der Waals surface area contributed by atoms with Crippen LogP contribution in [-0.2, 0) is 4.74 Å². The van der Waals surface area contributed by atoms with E-state index in [1.165, 1.54) is 19.3 Å². The molecule has 0 aliphatic carbocycles. The SMILES string of the molecule is CC(C)C(CC1CCOCC1)C(C)N. The van der Waals surface area contributed by atoms with Gasteiger partial charge in [0, 0.05) is 19.3 Å². The van der Waals surface area contributed by atoms with Crippen molar-refractivity contribution in [1.82, 2.24) is 0 Å². The van der Waals surface area contributed by atoms with Gasteiger partial charge in [0.15, 0.2) is 0 Å². The minimum Gasteiger partial charge on any atom is -0.381 e. The molecular weight excluding hydrogens is 174 g/mol. The highest BCUT2D eigenvalue weighted by Crippen LogP contribution is 2.28. The average molecular weight is 199 g/mol. The predicted octanol–water partition coefficient (Wildman–Crippen LogP) is 2.42. The summed E-state index contributed by atoms with van der Waals surface area (Å²) in [6.45, 7) is 8.62. The van der Waals surface area contributed by atoms with Gasteiger partial charge in [0.2, 0.25) is 0 Å². The first-order valence-corrected chi connectivity index (χ1v) is 5.94. The highest BCUT2D eigenvalue weighted by molar-refractivity contribution is 4.76. The second-order valence-corrected chi connectivity index (χ2v) is 5.06. The third-order valence-corrected chi connectivity index (χ3v) is 3.48. The molecule has 84 valence electrons. The summed E-state index contributed by atoms with van der Waals surface area (Å²) in [4.78, 5) is 0. The van der Waals surface area contributed by atoms with Crippen molar-refractivity contribution in [3.63, 3.8) is 0 Å². The Labute approximate surface area is 88.2 Å². The van der Waals surface area contributed by atoms with Crippen molar-refractivity contribution in [3.05, 3.63) is 0 Å². The van der Waals surface area contributed by atoms with Crippen LogP contribution in [-0.4, -0.2) is 19.3 Å². The molecule has 2 atom stereocenters. The molecule has 0 aromatic heterocycles. The molecular formula is C12H25NO. The van der Waals surface area contributed by atoms with Crippen molar-refractivity contribution in [2.75, 3.05) is 13.2 Å². The summed E-state index contributed by atoms with van der Waals surface area (Å²) < 4.78 is 5.37. The zero-order valence-electron chi connectivity index (χ0n) is 9.83. The van der Waals surface area contributed by atoms with Crippen LogP contribution >= 0.6 is 0 Å². The van der Waals surface area contributed by atoms with Crippen LogP contribution in [0.15, 0.2) is 0 Å². The molecule has 0 bridgehead atoms. The molecule has 0 aromatic carbocycles. The Hall–Kier alpha value is -0.0800. The molecule has 0 aromatic rings. The molecule has 1 fully saturated rings. The Bertz CT molecular complexity index is 142. The van der Waals surface area contributed by atoms with E-state index < -0.39 is 0 Å². The lowest BCUT2D eigenvalue weighted by atomic mass is 9.80. The van der Waals surface area contributed by atoms with Crippen molar-refractivity contribution in [2.24, 2.45) is 23.5 Å². The lowest BCUT2D eigenvalue weighted by Crippen LogP contribution is -2.33. The first-order valence-electron chi connectivity index (χ1n) is 5.94. The van der Waals surface area contributed by atoms with Crippen molar-refractivity contribution < 1.29 is 4.74 Å². The van der Waals surface area contributed by atoms with Gasteiger partial charge in [0.05, 0.1) is 0 Å². The maximum atomic E-state index is 6.02. The molecule has 1 aliphatic rings. The smallest absolute Gasteiger partial charge is 0.0468 e. The summed E-state index contributed by atoms with van der Waals surface area (Å²) in [5, 5.41) is 0. The van der Waals surface area contributed by atoms with Crippen LogP contribution in [0.5, 0.6) is 0 Å². The van der Waals surface area contributed by atoms with Crippen molar-refractivity contribution in [1.29, 1.82) is 0 Å². The Morgan fingerprint density at radius 1 is 1.21 bits per heavy atom. The molecule has 1 saturated heterocycles. The van der Waals surface area contributed by atoms with E-state index in [0.717, 1.165) is 19.1 Å². The van der Waals surface area contributed by atoms with E-state index >= 15 is 0 Å². The molecule has 2 heteroatoms. The van der Waals surface area contributed by atoms with Gasteiger partial charge in [0.1, 0.15) is 0 Å². The maximum absolute atomic E-state index is 6.02. The average Bonchev–Trinajstić information content (AvgIpc) is 2.15. The highest BCUT2D eigenvalue weighted by Gasteiger charge is 2.23. The minimum absolute atomic E-state index is 0.331. The van der Waals surface area contributed by atoms with Crippen LogP contribution in [0.2, 0.25) is 0 Å². The van der Waals surface area contributed by atoms with Gasteiger partial charge < -0.3 is 10.5 Å². The topological polar surface area (TPSA) is 35.2 Å². The van der Waals surface area contributed by atoms with E-state index in [9.17, 15) is 0 Å². The van der Waals surface area contributed by atoms with Gasteiger partial charge in [-0.2, -0.15) is 0 Å². The minimum atomic E-state index is 0.331. The Kier molecular flexibility index (Phi) is 4.90. The third kappa shape index (κ3) is 3.58. The summed E-state index contributed by atoms with van der Waals surface area (Å²) in [5.41, 5.74) is 6.02. The first-order chi connectivity index (χ1) is 6.61. The van der Waals surface area contributed by atoms with Crippen molar-refractivity contribution in [2.45, 2.75) is 46.1 Å². The maximum Gasteiger partial charge on any atom is 0.0468 e. The highest BCUT2D eigenvalue weighted by atomic mass is 16.5. The number of nitrogens with two attached hydrogens (primary N) is 1. The van der Waals surface area contributed by atoms with Gasteiger partial charge in [-0.05, 0) is 43.9 Å². The Morgan fingerprint density at radius 3 is 2.21 bits per heavy atom. The summed E-state index contributed by atoms with van der Waals surface area (Å²) in [6, 6.07) is 0.331. The molecule has 1 heterocycles. The quantitative estimate of drug-likeness (QED) is 0.754. The van der Waals surface area contributed by atoms with Gasteiger partial charge in [-0.25, -0.2) is 0 Å². The molecule has 1 rings (SSSR count). The van der Waals surface area contributed by atoms with E-state index in [1.54, 1.807) is 0 Å². The number of ether oxygens (including phenoxy) is 1. The molecule has 2 nitrogen and oxygen atoms in total. The largest absolute Gasteiger partial charge is 0.381 e. The van der Waals surface area contributed by atoms with Crippen LogP contribution in [0.3, 0.4) is 0 Å². The Morgan fingerprint density at radius 2 is 1.79 bits per heavy atom. The van der Waals surface area contributed by atoms with Crippen molar-refractivity contribution >= 4 is 0 Å². The fraction of sp³-hybridized carbons (Fsp3) is 1.00. The van der Waals surface area contributed by atoms with Crippen LogP contribution in [0.4, 0.5) is 0 Å². The van der Waals surface area contributed by atoms with Gasteiger partial charge in [-0.3, -0.25) is 0 Å². The zero-order valence-corrected chi connectivity index (χ0v) is 9.83. The van der Waals surface area contributed by atoms with Gasteiger partial charge in [-0.15, -0.1) is 0 Å². The van der Waals surface area contributed by atoms with Gasteiger partial charge >= 0.3 is 0 Å². The lowest BCUT2D eigenvalue weighted by molar-refractivity contribution is 0.0540. The third-order valence-electron chi connectivity index (χ3n) is 3.48. The van der Waals surface area contributed by atoms with Crippen LogP contribution in [0.1, 0.15) is 40.0 Å². The summed E-state index contributed by atoms with van der Waals surface area (Å²) in [6.07, 6.45) is 3.75. The number of hydrogen-bond donors (Lipinski definition) is 1. The van der Waals surface area contributed by atoms with E-state index in [-0.39, 0.29) is 0 Å². The molecule has 2 unspecified atom stereocenters. The van der Waals surface area contributed by atoms with Gasteiger partial charge in [0.25, 0.3) is 0 Å². The molecule has 14 heavy (non-hydrogen) atoms. The predicted molar refractivity (Wildman–Crippen MR) is 60.1 cm³/mol. The standard InChI is InChI=1S/C12H25NO/c1-9(2)12(10(3)13)8-11-4-6-14-7-5-11/h9-12H,4-8,13H2,1-3H3. The van der Waals surface area contributed by atoms with Crippen LogP contribution in [0.25, 0.3) is 0 Å². The molecule has 0 radical (unpaired) electrons. The molecule has 2 N–H and O–H groups in total. The molecule has 0 saturated carbocycles. The van der Waals surface area contributed by atoms with E-state index in [1.807, 2.05) is 0 Å².